The van der Waals surface area contributed by atoms with Gasteiger partial charge >= 0.3 is 59.1 Å². The molecule has 0 aliphatic heterocycles. The molecule has 0 unspecified atom stereocenters. The van der Waals surface area contributed by atoms with E-state index in [1.807, 2.05) is 0 Å². The van der Waals surface area contributed by atoms with Crippen LogP contribution in [0.3, 0.4) is 0 Å². The fraction of sp³-hybridized carbons (Fsp3) is 0. The Balaban J connectivity index is 0.00000312. The average Bonchev–Trinajstić information content (AvgIpc) is 2.44. The maximum absolute atomic E-state index is 11.5. The summed E-state index contributed by atoms with van der Waals surface area (Å²) < 4.78 is 62.8. The molecule has 0 aliphatic carbocycles. The minimum atomic E-state index is -4.89. The Kier molecular flexibility index (Phi) is 9.39. The van der Waals surface area contributed by atoms with Crippen LogP contribution in [0, 0.1) is 0 Å². The van der Waals surface area contributed by atoms with E-state index in [1.165, 1.54) is 0 Å². The van der Waals surface area contributed by atoms with E-state index in [0.29, 0.717) is 6.07 Å². The van der Waals surface area contributed by atoms with Crippen molar-refractivity contribution in [1.82, 2.24) is 0 Å². The molecule has 0 radical (unpaired) electrons. The van der Waals surface area contributed by atoms with Crippen LogP contribution in [0.25, 0.3) is 0 Å². The van der Waals surface area contributed by atoms with Crippen LogP contribution >= 0.6 is 0 Å². The maximum atomic E-state index is 11.5. The number of benzene rings is 2. The number of hydrogen-bond acceptors (Lipinski definition) is 8. The zero-order valence-electron chi connectivity index (χ0n) is 13.5. The molecule has 0 heterocycles. The second kappa shape index (κ2) is 9.59. The molecule has 0 aliphatic rings. The van der Waals surface area contributed by atoms with Gasteiger partial charge in [-0.3, -0.25) is 9.11 Å². The van der Waals surface area contributed by atoms with Crippen molar-refractivity contribution in [2.75, 3.05) is 0 Å². The van der Waals surface area contributed by atoms with Gasteiger partial charge in [-0.1, -0.05) is 17.9 Å². The summed E-state index contributed by atoms with van der Waals surface area (Å²) in [6.07, 6.45) is 0. The first-order valence-corrected chi connectivity index (χ1v) is 8.85. The Morgan fingerprint density at radius 2 is 1.31 bits per heavy atom. The number of hydrogen-bond donors (Lipinski definition) is 2. The van der Waals surface area contributed by atoms with Crippen LogP contribution in [0.1, 0.15) is 0 Å². The second-order valence-corrected chi connectivity index (χ2v) is 7.22. The molecule has 10 nitrogen and oxygen atoms in total. The van der Waals surface area contributed by atoms with Crippen molar-refractivity contribution in [1.29, 1.82) is 0 Å². The van der Waals surface area contributed by atoms with E-state index in [1.54, 1.807) is 0 Å². The van der Waals surface area contributed by atoms with Crippen molar-refractivity contribution >= 4 is 31.6 Å². The first-order valence-electron chi connectivity index (χ1n) is 5.97. The smallest absolute Gasteiger partial charge is 0.872 e. The summed E-state index contributed by atoms with van der Waals surface area (Å²) in [5, 5.41) is 29.4. The first-order chi connectivity index (χ1) is 11.0. The van der Waals surface area contributed by atoms with Gasteiger partial charge in [-0.25, -0.2) is 0 Å². The van der Waals surface area contributed by atoms with Crippen LogP contribution < -0.4 is 69.3 Å². The van der Waals surface area contributed by atoms with Gasteiger partial charge in [0.25, 0.3) is 20.2 Å². The summed E-state index contributed by atoms with van der Waals surface area (Å²) in [7, 11) is -9.61. The van der Waals surface area contributed by atoms with Crippen LogP contribution in [0.2, 0.25) is 0 Å². The van der Waals surface area contributed by atoms with Crippen LogP contribution in [0.4, 0.5) is 11.4 Å². The van der Waals surface area contributed by atoms with Gasteiger partial charge in [-0.2, -0.15) is 21.9 Å². The van der Waals surface area contributed by atoms with E-state index >= 15 is 0 Å². The molecule has 128 valence electrons. The van der Waals surface area contributed by atoms with Gasteiger partial charge in [0.15, 0.2) is 0 Å². The van der Waals surface area contributed by atoms with Crippen molar-refractivity contribution in [3.63, 3.8) is 0 Å². The molecule has 2 N–H and O–H groups in total. The average molecular weight is 418 g/mol. The summed E-state index contributed by atoms with van der Waals surface area (Å²) >= 11 is 0. The molecule has 26 heavy (non-hydrogen) atoms. The Morgan fingerprint density at radius 1 is 0.769 bits per heavy atom. The molecule has 2 aromatic carbocycles. The van der Waals surface area contributed by atoms with Crippen molar-refractivity contribution in [2.24, 2.45) is 10.2 Å². The van der Waals surface area contributed by atoms with E-state index in [0.717, 1.165) is 30.3 Å². The van der Waals surface area contributed by atoms with Crippen molar-refractivity contribution in [2.45, 2.75) is 9.79 Å². The molecule has 2 rings (SSSR count). The normalized spacial score (nSPS) is 11.6. The minimum absolute atomic E-state index is 0. The predicted molar refractivity (Wildman–Crippen MR) is 75.6 cm³/mol. The minimum Gasteiger partial charge on any atom is -0.872 e. The van der Waals surface area contributed by atoms with Crippen LogP contribution in [0.15, 0.2) is 56.4 Å². The Labute approximate surface area is 193 Å². The summed E-state index contributed by atoms with van der Waals surface area (Å²) in [6.45, 7) is 0. The standard InChI is InChI=1S/C12H10N2O8S2.2Na/c15-7-1-3-9(11(16)5-7)13-14-10-4-2-8(23(17,18)19)6-12(10)24(20,21)22;;/h1-6,15-16H,(H,17,18,19)(H,20,21,22);;/q;2*+1/p-2. The molecule has 0 amide bonds. The van der Waals surface area contributed by atoms with Gasteiger partial charge < -0.3 is 10.2 Å². The molecule has 0 aromatic heterocycles. The van der Waals surface area contributed by atoms with Crippen molar-refractivity contribution in [3.05, 3.63) is 36.4 Å². The van der Waals surface area contributed by atoms with Gasteiger partial charge in [-0.05, 0) is 24.3 Å². The Bertz CT molecular complexity index is 1040. The van der Waals surface area contributed by atoms with E-state index in [2.05, 4.69) is 10.2 Å². The first kappa shape index (κ1) is 25.5. The quantitative estimate of drug-likeness (QED) is 0.281. The maximum Gasteiger partial charge on any atom is 1.00 e. The molecule has 0 atom stereocenters. The third-order valence-electron chi connectivity index (χ3n) is 2.70. The summed E-state index contributed by atoms with van der Waals surface area (Å²) in [5.41, 5.74) is -0.745. The van der Waals surface area contributed by atoms with E-state index in [9.17, 15) is 27.0 Å². The number of nitrogens with zero attached hydrogens (tertiary/aromatic N) is 2. The van der Waals surface area contributed by atoms with Crippen LogP contribution in [0.5, 0.6) is 11.5 Å². The van der Waals surface area contributed by atoms with E-state index in [4.69, 9.17) is 9.11 Å². The monoisotopic (exact) mass is 418 g/mol. The van der Waals surface area contributed by atoms with E-state index in [-0.39, 0.29) is 64.8 Å². The topological polar surface area (TPSA) is 180 Å². The third kappa shape index (κ3) is 6.56. The number of rotatable bonds is 4. The molecule has 0 bridgehead atoms. The fourth-order valence-electron chi connectivity index (χ4n) is 1.63. The largest absolute Gasteiger partial charge is 1.00 e. The molecule has 2 aromatic rings. The van der Waals surface area contributed by atoms with Crippen molar-refractivity contribution < 1.29 is 95.3 Å². The van der Waals surface area contributed by atoms with Gasteiger partial charge in [0.1, 0.15) is 10.6 Å². The molecule has 0 fully saturated rings. The van der Waals surface area contributed by atoms with Crippen LogP contribution in [-0.4, -0.2) is 25.9 Å². The predicted octanol–water partition coefficient (Wildman–Crippen LogP) is -5.25. The molecular weight excluding hydrogens is 410 g/mol. The van der Waals surface area contributed by atoms with Crippen LogP contribution in [-0.2, 0) is 20.2 Å². The Hall–Kier alpha value is -0.540. The zero-order valence-corrected chi connectivity index (χ0v) is 19.2. The van der Waals surface area contributed by atoms with Gasteiger partial charge in [0.2, 0.25) is 0 Å². The number of azo groups is 1. The molecule has 14 heteroatoms. The molecule has 0 saturated heterocycles. The second-order valence-electron chi connectivity index (χ2n) is 4.41. The van der Waals surface area contributed by atoms with E-state index < -0.39 is 47.2 Å². The van der Waals surface area contributed by atoms with Gasteiger partial charge in [0, 0.05) is 0 Å². The van der Waals surface area contributed by atoms with Crippen molar-refractivity contribution in [3.8, 4) is 11.5 Å². The third-order valence-corrected chi connectivity index (χ3v) is 4.44. The summed E-state index contributed by atoms with van der Waals surface area (Å²) in [6, 6.07) is 5.03. The SMILES string of the molecule is O=S(=O)(O)c1ccc(N=Nc2ccc([O-])cc2[O-])c(S(=O)(=O)O)c1.[Na+].[Na+]. The Morgan fingerprint density at radius 3 is 1.81 bits per heavy atom. The van der Waals surface area contributed by atoms with Gasteiger partial charge in [0.05, 0.1) is 10.6 Å². The molecule has 0 saturated carbocycles. The summed E-state index contributed by atoms with van der Waals surface area (Å²) in [5.74, 6) is -1.30. The summed E-state index contributed by atoms with van der Waals surface area (Å²) in [4.78, 5) is -1.72. The molecular formula is C12H8N2Na2O8S2. The molecule has 0 spiro atoms. The zero-order chi connectivity index (χ0) is 18.1. The van der Waals surface area contributed by atoms with Gasteiger partial charge in [-0.15, -0.1) is 10.9 Å². The fourth-order valence-corrected chi connectivity index (χ4v) is 2.86.